The third-order valence-corrected chi connectivity index (χ3v) is 4.70. The molecule has 1 amide bonds. The largest absolute Gasteiger partial charge is 0.355 e. The molecule has 1 fully saturated rings. The zero-order valence-corrected chi connectivity index (χ0v) is 12.5. The summed E-state index contributed by atoms with van der Waals surface area (Å²) < 4.78 is 0. The maximum Gasteiger partial charge on any atom is 0.224 e. The van der Waals surface area contributed by atoms with Gasteiger partial charge >= 0.3 is 0 Å². The Kier molecular flexibility index (Phi) is 5.18. The van der Waals surface area contributed by atoms with E-state index in [-0.39, 0.29) is 5.91 Å². The van der Waals surface area contributed by atoms with Crippen LogP contribution in [-0.4, -0.2) is 12.5 Å². The van der Waals surface area contributed by atoms with Crippen molar-refractivity contribution in [2.24, 2.45) is 11.1 Å². The number of nitrogens with one attached hydrogen (secondary N) is 1. The van der Waals surface area contributed by atoms with Crippen LogP contribution in [0.15, 0.2) is 24.3 Å². The van der Waals surface area contributed by atoms with Crippen molar-refractivity contribution in [3.8, 4) is 0 Å². The van der Waals surface area contributed by atoms with Crippen LogP contribution in [0, 0.1) is 5.41 Å². The molecule has 0 radical (unpaired) electrons. The second kappa shape index (κ2) is 6.89. The summed E-state index contributed by atoms with van der Waals surface area (Å²) in [6, 6.07) is 7.97. The molecule has 0 unspecified atom stereocenters. The normalized spacial score (nSPS) is 17.1. The van der Waals surface area contributed by atoms with Gasteiger partial charge in [0.05, 0.1) is 6.42 Å². The average molecular weight is 274 g/mol. The molecule has 0 aliphatic heterocycles. The topological polar surface area (TPSA) is 55.1 Å². The second-order valence-electron chi connectivity index (χ2n) is 6.03. The van der Waals surface area contributed by atoms with Gasteiger partial charge in [-0.25, -0.2) is 0 Å². The Balaban J connectivity index is 1.82. The fourth-order valence-corrected chi connectivity index (χ4v) is 3.11. The van der Waals surface area contributed by atoms with Gasteiger partial charge in [-0.2, -0.15) is 0 Å². The minimum atomic E-state index is 0.130. The van der Waals surface area contributed by atoms with Gasteiger partial charge in [0.1, 0.15) is 0 Å². The summed E-state index contributed by atoms with van der Waals surface area (Å²) in [6.45, 7) is 3.62. The number of rotatable bonds is 6. The van der Waals surface area contributed by atoms with Gasteiger partial charge in [0.25, 0.3) is 0 Å². The van der Waals surface area contributed by atoms with Gasteiger partial charge in [0, 0.05) is 13.1 Å². The van der Waals surface area contributed by atoms with Gasteiger partial charge in [0.15, 0.2) is 0 Å². The molecule has 0 saturated heterocycles. The lowest BCUT2D eigenvalue weighted by atomic mass is 9.83. The van der Waals surface area contributed by atoms with Crippen molar-refractivity contribution in [3.05, 3.63) is 35.4 Å². The van der Waals surface area contributed by atoms with Crippen LogP contribution < -0.4 is 11.1 Å². The minimum Gasteiger partial charge on any atom is -0.355 e. The standard InChI is InChI=1S/C17H26N2O/c1-2-17(9-3-4-10-17)13-19-16(20)11-14-5-7-15(12-18)8-6-14/h5-8H,2-4,9-13,18H2,1H3,(H,19,20). The van der Waals surface area contributed by atoms with E-state index >= 15 is 0 Å². The van der Waals surface area contributed by atoms with E-state index in [1.165, 1.54) is 32.1 Å². The molecule has 1 aromatic carbocycles. The van der Waals surface area contributed by atoms with Gasteiger partial charge in [0.2, 0.25) is 5.91 Å². The van der Waals surface area contributed by atoms with Crippen LogP contribution in [0.5, 0.6) is 0 Å². The third kappa shape index (κ3) is 3.83. The number of benzene rings is 1. The fourth-order valence-electron chi connectivity index (χ4n) is 3.11. The van der Waals surface area contributed by atoms with Crippen molar-refractivity contribution in [2.45, 2.75) is 52.0 Å². The van der Waals surface area contributed by atoms with E-state index in [1.54, 1.807) is 0 Å². The van der Waals surface area contributed by atoms with Crippen LogP contribution in [0.4, 0.5) is 0 Å². The third-order valence-electron chi connectivity index (χ3n) is 4.70. The maximum atomic E-state index is 12.0. The summed E-state index contributed by atoms with van der Waals surface area (Å²) in [5, 5.41) is 3.13. The predicted octanol–water partition coefficient (Wildman–Crippen LogP) is 2.77. The van der Waals surface area contributed by atoms with E-state index in [9.17, 15) is 4.79 Å². The first-order valence-electron chi connectivity index (χ1n) is 7.72. The Morgan fingerprint density at radius 1 is 1.20 bits per heavy atom. The van der Waals surface area contributed by atoms with Gasteiger partial charge in [-0.15, -0.1) is 0 Å². The van der Waals surface area contributed by atoms with Gasteiger partial charge < -0.3 is 11.1 Å². The molecule has 110 valence electrons. The number of carbonyl (C=O) groups is 1. The molecule has 3 N–H and O–H groups in total. The van der Waals surface area contributed by atoms with Crippen LogP contribution >= 0.6 is 0 Å². The molecular formula is C17H26N2O. The number of amides is 1. The van der Waals surface area contributed by atoms with Crippen LogP contribution in [-0.2, 0) is 17.8 Å². The highest BCUT2D eigenvalue weighted by Crippen LogP contribution is 2.40. The molecule has 0 heterocycles. The SMILES string of the molecule is CCC1(CNC(=O)Cc2ccc(CN)cc2)CCCC1. The summed E-state index contributed by atoms with van der Waals surface area (Å²) in [6.07, 6.45) is 6.77. The van der Waals surface area contributed by atoms with E-state index in [4.69, 9.17) is 5.73 Å². The highest BCUT2D eigenvalue weighted by atomic mass is 16.1. The maximum absolute atomic E-state index is 12.0. The smallest absolute Gasteiger partial charge is 0.224 e. The predicted molar refractivity (Wildman–Crippen MR) is 82.2 cm³/mol. The molecule has 3 nitrogen and oxygen atoms in total. The number of hydrogen-bond donors (Lipinski definition) is 2. The quantitative estimate of drug-likeness (QED) is 0.838. The lowest BCUT2D eigenvalue weighted by molar-refractivity contribution is -0.121. The van der Waals surface area contributed by atoms with Crippen molar-refractivity contribution in [2.75, 3.05) is 6.54 Å². The molecule has 0 aromatic heterocycles. The highest BCUT2D eigenvalue weighted by molar-refractivity contribution is 5.78. The Bertz CT molecular complexity index is 433. The molecule has 0 bridgehead atoms. The Labute approximate surface area is 121 Å². The van der Waals surface area contributed by atoms with E-state index < -0.39 is 0 Å². The van der Waals surface area contributed by atoms with E-state index in [0.29, 0.717) is 18.4 Å². The summed E-state index contributed by atoms with van der Waals surface area (Å²) >= 11 is 0. The zero-order valence-electron chi connectivity index (χ0n) is 12.5. The van der Waals surface area contributed by atoms with E-state index in [1.807, 2.05) is 24.3 Å². The van der Waals surface area contributed by atoms with Crippen LogP contribution in [0.3, 0.4) is 0 Å². The second-order valence-corrected chi connectivity index (χ2v) is 6.03. The van der Waals surface area contributed by atoms with Crippen LogP contribution in [0.25, 0.3) is 0 Å². The number of carbonyl (C=O) groups excluding carboxylic acids is 1. The molecule has 3 heteroatoms. The molecule has 2 rings (SSSR count). The molecule has 1 aromatic rings. The van der Waals surface area contributed by atoms with Gasteiger partial charge in [-0.05, 0) is 35.8 Å². The first kappa shape index (κ1) is 15.0. The zero-order chi connectivity index (χ0) is 14.4. The lowest BCUT2D eigenvalue weighted by Crippen LogP contribution is -2.36. The van der Waals surface area contributed by atoms with Crippen LogP contribution in [0.2, 0.25) is 0 Å². The number of nitrogens with two attached hydrogens (primary N) is 1. The molecule has 1 aliphatic carbocycles. The Morgan fingerprint density at radius 2 is 1.80 bits per heavy atom. The van der Waals surface area contributed by atoms with E-state index in [2.05, 4.69) is 12.2 Å². The summed E-state index contributed by atoms with van der Waals surface area (Å²) in [4.78, 5) is 12.0. The summed E-state index contributed by atoms with van der Waals surface area (Å²) in [5.41, 5.74) is 8.08. The average Bonchev–Trinajstić information content (AvgIpc) is 2.95. The van der Waals surface area contributed by atoms with Crippen LogP contribution in [0.1, 0.15) is 50.2 Å². The van der Waals surface area contributed by atoms with Crippen molar-refractivity contribution < 1.29 is 4.79 Å². The molecule has 0 spiro atoms. The highest BCUT2D eigenvalue weighted by Gasteiger charge is 2.32. The minimum absolute atomic E-state index is 0.130. The van der Waals surface area contributed by atoms with Crippen molar-refractivity contribution in [3.63, 3.8) is 0 Å². The summed E-state index contributed by atoms with van der Waals surface area (Å²) in [5.74, 6) is 0.130. The summed E-state index contributed by atoms with van der Waals surface area (Å²) in [7, 11) is 0. The molecule has 1 saturated carbocycles. The first-order chi connectivity index (χ1) is 9.67. The molecule has 20 heavy (non-hydrogen) atoms. The molecular weight excluding hydrogens is 248 g/mol. The van der Waals surface area contributed by atoms with Crippen molar-refractivity contribution >= 4 is 5.91 Å². The van der Waals surface area contributed by atoms with Gasteiger partial charge in [-0.3, -0.25) is 4.79 Å². The van der Waals surface area contributed by atoms with Gasteiger partial charge in [-0.1, -0.05) is 44.0 Å². The van der Waals surface area contributed by atoms with Crippen molar-refractivity contribution in [1.82, 2.24) is 5.32 Å². The first-order valence-corrected chi connectivity index (χ1v) is 7.72. The molecule has 0 atom stereocenters. The lowest BCUT2D eigenvalue weighted by Gasteiger charge is -2.27. The number of hydrogen-bond acceptors (Lipinski definition) is 2. The Morgan fingerprint density at radius 3 is 2.35 bits per heavy atom. The van der Waals surface area contributed by atoms with Crippen molar-refractivity contribution in [1.29, 1.82) is 0 Å². The molecule has 1 aliphatic rings. The van der Waals surface area contributed by atoms with E-state index in [0.717, 1.165) is 17.7 Å². The fraction of sp³-hybridized carbons (Fsp3) is 0.588. The Hall–Kier alpha value is -1.35. The monoisotopic (exact) mass is 274 g/mol.